The maximum atomic E-state index is 13.7. The van der Waals surface area contributed by atoms with Crippen molar-refractivity contribution in [2.75, 3.05) is 5.32 Å². The predicted molar refractivity (Wildman–Crippen MR) is 74.1 cm³/mol. The number of benzene rings is 1. The molecule has 0 aliphatic heterocycles. The van der Waals surface area contributed by atoms with Gasteiger partial charge in [0.25, 0.3) is 0 Å². The summed E-state index contributed by atoms with van der Waals surface area (Å²) in [5, 5.41) is 13.2. The summed E-state index contributed by atoms with van der Waals surface area (Å²) in [6.07, 6.45) is 0.210. The molecule has 1 aromatic carbocycles. The van der Waals surface area contributed by atoms with Gasteiger partial charge < -0.3 is 15.7 Å². The second-order valence-electron chi connectivity index (χ2n) is 5.17. The summed E-state index contributed by atoms with van der Waals surface area (Å²) in [4.78, 5) is 22.7. The number of hydrogen-bond acceptors (Lipinski definition) is 2. The van der Waals surface area contributed by atoms with Gasteiger partial charge in [-0.25, -0.2) is 18.4 Å². The van der Waals surface area contributed by atoms with Gasteiger partial charge in [-0.2, -0.15) is 0 Å². The van der Waals surface area contributed by atoms with Crippen molar-refractivity contribution in [2.24, 2.45) is 5.92 Å². The second kappa shape index (κ2) is 7.01. The van der Waals surface area contributed by atoms with E-state index in [1.165, 1.54) is 13.0 Å². The molecule has 7 heteroatoms. The van der Waals surface area contributed by atoms with Crippen LogP contribution in [0.3, 0.4) is 0 Å². The maximum Gasteiger partial charge on any atom is 0.326 e. The third-order valence-corrected chi connectivity index (χ3v) is 2.83. The summed E-state index contributed by atoms with van der Waals surface area (Å²) in [6.45, 7) is 5.03. The zero-order chi connectivity index (χ0) is 16.2. The summed E-state index contributed by atoms with van der Waals surface area (Å²) in [6, 6.07) is 0.177. The third kappa shape index (κ3) is 4.70. The number of urea groups is 1. The molecule has 5 nitrogen and oxygen atoms in total. The zero-order valence-electron chi connectivity index (χ0n) is 12.0. The topological polar surface area (TPSA) is 78.4 Å². The number of hydrogen-bond donors (Lipinski definition) is 3. The van der Waals surface area contributed by atoms with Crippen LogP contribution in [0.2, 0.25) is 0 Å². The molecule has 2 amide bonds. The van der Waals surface area contributed by atoms with Crippen LogP contribution in [0.4, 0.5) is 19.3 Å². The molecule has 116 valence electrons. The Bertz CT molecular complexity index is 547. The summed E-state index contributed by atoms with van der Waals surface area (Å²) in [5.74, 6) is -2.98. The van der Waals surface area contributed by atoms with Crippen molar-refractivity contribution in [1.29, 1.82) is 0 Å². The van der Waals surface area contributed by atoms with Crippen LogP contribution in [-0.2, 0) is 4.79 Å². The van der Waals surface area contributed by atoms with Gasteiger partial charge in [0, 0.05) is 0 Å². The molecular formula is C14H18F2N2O3. The van der Waals surface area contributed by atoms with Crippen molar-refractivity contribution in [2.45, 2.75) is 33.2 Å². The van der Waals surface area contributed by atoms with E-state index in [0.717, 1.165) is 6.07 Å². The Balaban J connectivity index is 2.82. The highest BCUT2D eigenvalue weighted by molar-refractivity contribution is 5.92. The van der Waals surface area contributed by atoms with Crippen LogP contribution in [0.25, 0.3) is 0 Å². The first-order valence-corrected chi connectivity index (χ1v) is 6.47. The zero-order valence-corrected chi connectivity index (χ0v) is 12.0. The van der Waals surface area contributed by atoms with Gasteiger partial charge in [0.15, 0.2) is 5.82 Å². The fraction of sp³-hybridized carbons (Fsp3) is 0.429. The number of nitrogens with one attached hydrogen (secondary N) is 2. The highest BCUT2D eigenvalue weighted by Gasteiger charge is 2.22. The van der Waals surface area contributed by atoms with Gasteiger partial charge in [0.2, 0.25) is 0 Å². The van der Waals surface area contributed by atoms with Crippen LogP contribution >= 0.6 is 0 Å². The number of carbonyl (C=O) groups excluding carboxylic acids is 1. The van der Waals surface area contributed by atoms with E-state index in [9.17, 15) is 18.4 Å². The Morgan fingerprint density at radius 3 is 2.43 bits per heavy atom. The Morgan fingerprint density at radius 2 is 1.90 bits per heavy atom. The average Bonchev–Trinajstić information content (AvgIpc) is 2.38. The van der Waals surface area contributed by atoms with Crippen LogP contribution in [0.15, 0.2) is 12.1 Å². The molecule has 0 bridgehead atoms. The van der Waals surface area contributed by atoms with Crippen molar-refractivity contribution in [3.63, 3.8) is 0 Å². The molecule has 21 heavy (non-hydrogen) atoms. The van der Waals surface area contributed by atoms with E-state index in [-0.39, 0.29) is 17.9 Å². The number of anilines is 1. The number of halogens is 2. The number of aliphatic carboxylic acids is 1. The van der Waals surface area contributed by atoms with Gasteiger partial charge in [-0.1, -0.05) is 19.9 Å². The third-order valence-electron chi connectivity index (χ3n) is 2.83. The van der Waals surface area contributed by atoms with Crippen LogP contribution in [0.1, 0.15) is 25.8 Å². The molecule has 1 aromatic rings. The SMILES string of the molecule is Cc1ccc(F)c(NC(=O)NC(CC(C)C)C(=O)O)c1F. The quantitative estimate of drug-likeness (QED) is 0.782. The van der Waals surface area contributed by atoms with Gasteiger partial charge in [0.1, 0.15) is 17.5 Å². The normalized spacial score (nSPS) is 12.1. The largest absolute Gasteiger partial charge is 0.480 e. The Kier molecular flexibility index (Phi) is 5.63. The van der Waals surface area contributed by atoms with E-state index in [1.54, 1.807) is 13.8 Å². The predicted octanol–water partition coefficient (Wildman–Crippen LogP) is 2.89. The molecule has 0 fully saturated rings. The van der Waals surface area contributed by atoms with Crippen LogP contribution in [0, 0.1) is 24.5 Å². The van der Waals surface area contributed by atoms with Gasteiger partial charge in [-0.05, 0) is 30.9 Å². The monoisotopic (exact) mass is 300 g/mol. The lowest BCUT2D eigenvalue weighted by molar-refractivity contribution is -0.139. The van der Waals surface area contributed by atoms with Gasteiger partial charge in [-0.15, -0.1) is 0 Å². The highest BCUT2D eigenvalue weighted by atomic mass is 19.1. The Morgan fingerprint density at radius 1 is 1.29 bits per heavy atom. The summed E-state index contributed by atoms with van der Waals surface area (Å²) < 4.78 is 27.2. The lowest BCUT2D eigenvalue weighted by Crippen LogP contribution is -2.44. The molecule has 0 aliphatic carbocycles. The molecule has 1 rings (SSSR count). The number of carboxylic acid groups (broad SMARTS) is 1. The molecule has 0 radical (unpaired) electrons. The summed E-state index contributed by atoms with van der Waals surface area (Å²) >= 11 is 0. The van der Waals surface area contributed by atoms with Gasteiger partial charge in [-0.3, -0.25) is 0 Å². The van der Waals surface area contributed by atoms with E-state index in [2.05, 4.69) is 5.32 Å². The van der Waals surface area contributed by atoms with Crippen molar-refractivity contribution >= 4 is 17.7 Å². The molecule has 0 spiro atoms. The highest BCUT2D eigenvalue weighted by Crippen LogP contribution is 2.21. The maximum absolute atomic E-state index is 13.7. The smallest absolute Gasteiger partial charge is 0.326 e. The molecule has 0 aromatic heterocycles. The minimum Gasteiger partial charge on any atom is -0.480 e. The first-order valence-electron chi connectivity index (χ1n) is 6.47. The van der Waals surface area contributed by atoms with Crippen molar-refractivity contribution in [3.05, 3.63) is 29.3 Å². The lowest BCUT2D eigenvalue weighted by Gasteiger charge is -2.17. The first-order chi connectivity index (χ1) is 9.72. The number of carboxylic acids is 1. The van der Waals surface area contributed by atoms with E-state index in [0.29, 0.717) is 0 Å². The molecule has 0 saturated carbocycles. The molecular weight excluding hydrogens is 282 g/mol. The molecule has 0 heterocycles. The number of rotatable bonds is 5. The number of aryl methyl sites for hydroxylation is 1. The number of amides is 2. The standard InChI is InChI=1S/C14H18F2N2O3/c1-7(2)6-10(13(19)20)17-14(21)18-12-9(15)5-4-8(3)11(12)16/h4-5,7,10H,6H2,1-3H3,(H,19,20)(H2,17,18,21). The fourth-order valence-corrected chi connectivity index (χ4v) is 1.77. The molecule has 1 unspecified atom stereocenters. The van der Waals surface area contributed by atoms with Crippen molar-refractivity contribution in [3.8, 4) is 0 Å². The second-order valence-corrected chi connectivity index (χ2v) is 5.17. The summed E-state index contributed by atoms with van der Waals surface area (Å²) in [7, 11) is 0. The van der Waals surface area contributed by atoms with Crippen LogP contribution in [0.5, 0.6) is 0 Å². The molecule has 0 saturated heterocycles. The van der Waals surface area contributed by atoms with Crippen molar-refractivity contribution < 1.29 is 23.5 Å². The lowest BCUT2D eigenvalue weighted by atomic mass is 10.0. The van der Waals surface area contributed by atoms with Crippen LogP contribution < -0.4 is 10.6 Å². The molecule has 0 aliphatic rings. The number of carbonyl (C=O) groups is 2. The molecule has 3 N–H and O–H groups in total. The van der Waals surface area contributed by atoms with Crippen molar-refractivity contribution in [1.82, 2.24) is 5.32 Å². The Labute approximate surface area is 121 Å². The van der Waals surface area contributed by atoms with Crippen LogP contribution in [-0.4, -0.2) is 23.1 Å². The summed E-state index contributed by atoms with van der Waals surface area (Å²) in [5.41, 5.74) is -0.426. The minimum absolute atomic E-state index is 0.0406. The minimum atomic E-state index is -1.20. The van der Waals surface area contributed by atoms with E-state index in [1.807, 2.05) is 5.32 Å². The first kappa shape index (κ1) is 16.9. The average molecular weight is 300 g/mol. The van der Waals surface area contributed by atoms with E-state index < -0.39 is 35.4 Å². The van der Waals surface area contributed by atoms with E-state index in [4.69, 9.17) is 5.11 Å². The Hall–Kier alpha value is -2.18. The van der Waals surface area contributed by atoms with Gasteiger partial charge in [0.05, 0.1) is 0 Å². The van der Waals surface area contributed by atoms with E-state index >= 15 is 0 Å². The van der Waals surface area contributed by atoms with Gasteiger partial charge >= 0.3 is 12.0 Å². The fourth-order valence-electron chi connectivity index (χ4n) is 1.77. The molecule has 1 atom stereocenters.